The molecule has 18 heavy (non-hydrogen) atoms. The van der Waals surface area contributed by atoms with Crippen molar-refractivity contribution in [3.05, 3.63) is 41.1 Å². The van der Waals surface area contributed by atoms with E-state index in [0.717, 1.165) is 12.2 Å². The lowest BCUT2D eigenvalue weighted by Gasteiger charge is -2.08. The zero-order chi connectivity index (χ0) is 12.5. The molecule has 2 N–H and O–H groups in total. The number of rotatable bonds is 3. The van der Waals surface area contributed by atoms with E-state index < -0.39 is 0 Å². The molecule has 2 aromatic rings. The summed E-state index contributed by atoms with van der Waals surface area (Å²) in [4.78, 5) is 0. The molecule has 94 valence electrons. The Bertz CT molecular complexity index is 569. The van der Waals surface area contributed by atoms with E-state index in [1.807, 2.05) is 11.6 Å². The van der Waals surface area contributed by atoms with Crippen LogP contribution in [0.2, 0.25) is 0 Å². The van der Waals surface area contributed by atoms with Gasteiger partial charge in [-0.1, -0.05) is 12.1 Å². The SMILES string of the molecule is Cc1cc(-c2ccc3c(c2)CCC3)n(CCN)n1. The first-order chi connectivity index (χ1) is 8.78. The predicted octanol–water partition coefficient (Wildman–Crippen LogP) is 2.31. The zero-order valence-corrected chi connectivity index (χ0v) is 10.8. The molecular formula is C15H19N3. The first-order valence-electron chi connectivity index (χ1n) is 6.64. The summed E-state index contributed by atoms with van der Waals surface area (Å²) in [6.07, 6.45) is 3.74. The van der Waals surface area contributed by atoms with E-state index in [9.17, 15) is 0 Å². The van der Waals surface area contributed by atoms with Crippen molar-refractivity contribution in [1.29, 1.82) is 0 Å². The van der Waals surface area contributed by atoms with Gasteiger partial charge >= 0.3 is 0 Å². The van der Waals surface area contributed by atoms with Crippen LogP contribution in [0.5, 0.6) is 0 Å². The summed E-state index contributed by atoms with van der Waals surface area (Å²) in [7, 11) is 0. The Kier molecular flexibility index (Phi) is 2.92. The Hall–Kier alpha value is -1.61. The van der Waals surface area contributed by atoms with Gasteiger partial charge in [-0.05, 0) is 49.4 Å². The molecule has 0 fully saturated rings. The highest BCUT2D eigenvalue weighted by Crippen LogP contribution is 2.28. The van der Waals surface area contributed by atoms with Crippen molar-refractivity contribution in [2.75, 3.05) is 6.54 Å². The number of hydrogen-bond donors (Lipinski definition) is 1. The van der Waals surface area contributed by atoms with Gasteiger partial charge < -0.3 is 5.73 Å². The fourth-order valence-electron chi connectivity index (χ4n) is 2.80. The number of benzene rings is 1. The molecule has 0 bridgehead atoms. The van der Waals surface area contributed by atoms with E-state index in [1.165, 1.54) is 41.6 Å². The summed E-state index contributed by atoms with van der Waals surface area (Å²) in [5.41, 5.74) is 12.2. The minimum Gasteiger partial charge on any atom is -0.329 e. The van der Waals surface area contributed by atoms with Gasteiger partial charge in [-0.15, -0.1) is 0 Å². The van der Waals surface area contributed by atoms with E-state index in [4.69, 9.17) is 5.73 Å². The molecule has 3 nitrogen and oxygen atoms in total. The molecule has 0 radical (unpaired) electrons. The topological polar surface area (TPSA) is 43.8 Å². The van der Waals surface area contributed by atoms with Crippen LogP contribution in [0.1, 0.15) is 23.2 Å². The second kappa shape index (κ2) is 4.58. The third kappa shape index (κ3) is 1.95. The maximum absolute atomic E-state index is 5.65. The smallest absolute Gasteiger partial charge is 0.0685 e. The summed E-state index contributed by atoms with van der Waals surface area (Å²) in [5.74, 6) is 0. The summed E-state index contributed by atoms with van der Waals surface area (Å²) in [6, 6.07) is 8.96. The number of nitrogens with zero attached hydrogens (tertiary/aromatic N) is 2. The maximum Gasteiger partial charge on any atom is 0.0685 e. The molecule has 0 saturated carbocycles. The minimum absolute atomic E-state index is 0.624. The summed E-state index contributed by atoms with van der Waals surface area (Å²) >= 11 is 0. The standard InChI is InChI=1S/C15H19N3/c1-11-9-15(18(17-11)8-7-16)14-6-5-12-3-2-4-13(12)10-14/h5-6,9-10H,2-4,7-8,16H2,1H3. The average Bonchev–Trinajstić information content (AvgIpc) is 2.95. The summed E-state index contributed by atoms with van der Waals surface area (Å²) < 4.78 is 2.02. The van der Waals surface area contributed by atoms with E-state index >= 15 is 0 Å². The van der Waals surface area contributed by atoms with Crippen molar-refractivity contribution in [1.82, 2.24) is 9.78 Å². The summed E-state index contributed by atoms with van der Waals surface area (Å²) in [5, 5.41) is 4.51. The second-order valence-electron chi connectivity index (χ2n) is 5.02. The Morgan fingerprint density at radius 3 is 2.89 bits per heavy atom. The molecule has 0 amide bonds. The fourth-order valence-corrected chi connectivity index (χ4v) is 2.80. The van der Waals surface area contributed by atoms with Gasteiger partial charge in [-0.2, -0.15) is 5.10 Å². The summed E-state index contributed by atoms with van der Waals surface area (Å²) in [6.45, 7) is 3.43. The van der Waals surface area contributed by atoms with Gasteiger partial charge in [0.05, 0.1) is 17.9 Å². The number of aryl methyl sites for hydroxylation is 3. The Morgan fingerprint density at radius 2 is 2.06 bits per heavy atom. The molecule has 0 aliphatic heterocycles. The van der Waals surface area contributed by atoms with Crippen LogP contribution < -0.4 is 5.73 Å². The third-order valence-electron chi connectivity index (χ3n) is 3.64. The van der Waals surface area contributed by atoms with Crippen LogP contribution in [-0.4, -0.2) is 16.3 Å². The lowest BCUT2D eigenvalue weighted by atomic mass is 10.0. The molecule has 1 aromatic carbocycles. The van der Waals surface area contributed by atoms with Gasteiger partial charge in [-0.3, -0.25) is 4.68 Å². The monoisotopic (exact) mass is 241 g/mol. The van der Waals surface area contributed by atoms with Gasteiger partial charge in [0.2, 0.25) is 0 Å². The molecule has 1 aromatic heterocycles. The lowest BCUT2D eigenvalue weighted by molar-refractivity contribution is 0.626. The highest BCUT2D eigenvalue weighted by atomic mass is 15.3. The van der Waals surface area contributed by atoms with Gasteiger partial charge in [-0.25, -0.2) is 0 Å². The predicted molar refractivity (Wildman–Crippen MR) is 73.5 cm³/mol. The molecule has 3 heteroatoms. The van der Waals surface area contributed by atoms with Crippen molar-refractivity contribution in [3.63, 3.8) is 0 Å². The molecule has 1 aliphatic carbocycles. The largest absolute Gasteiger partial charge is 0.329 e. The van der Waals surface area contributed by atoms with E-state index in [2.05, 4.69) is 29.4 Å². The van der Waals surface area contributed by atoms with Crippen LogP contribution in [0.25, 0.3) is 11.3 Å². The van der Waals surface area contributed by atoms with E-state index in [-0.39, 0.29) is 0 Å². The Labute approximate surface area is 108 Å². The van der Waals surface area contributed by atoms with Crippen LogP contribution in [0.4, 0.5) is 0 Å². The van der Waals surface area contributed by atoms with Crippen LogP contribution >= 0.6 is 0 Å². The molecule has 0 atom stereocenters. The van der Waals surface area contributed by atoms with E-state index in [1.54, 1.807) is 0 Å². The number of fused-ring (bicyclic) bond motifs is 1. The molecule has 0 saturated heterocycles. The highest BCUT2D eigenvalue weighted by Gasteiger charge is 2.13. The van der Waals surface area contributed by atoms with Crippen molar-refractivity contribution in [3.8, 4) is 11.3 Å². The van der Waals surface area contributed by atoms with Crippen molar-refractivity contribution in [2.24, 2.45) is 5.73 Å². The zero-order valence-electron chi connectivity index (χ0n) is 10.8. The number of hydrogen-bond acceptors (Lipinski definition) is 2. The molecule has 1 heterocycles. The second-order valence-corrected chi connectivity index (χ2v) is 5.02. The average molecular weight is 241 g/mol. The van der Waals surface area contributed by atoms with Crippen LogP contribution in [0.15, 0.2) is 24.3 Å². The van der Waals surface area contributed by atoms with E-state index in [0.29, 0.717) is 6.54 Å². The third-order valence-corrected chi connectivity index (χ3v) is 3.64. The van der Waals surface area contributed by atoms with Crippen LogP contribution in [-0.2, 0) is 19.4 Å². The number of aromatic nitrogens is 2. The van der Waals surface area contributed by atoms with Gasteiger partial charge in [0.1, 0.15) is 0 Å². The Morgan fingerprint density at radius 1 is 1.22 bits per heavy atom. The first-order valence-corrected chi connectivity index (χ1v) is 6.64. The molecule has 3 rings (SSSR count). The van der Waals surface area contributed by atoms with Crippen LogP contribution in [0, 0.1) is 6.92 Å². The first kappa shape index (κ1) is 11.5. The number of nitrogens with two attached hydrogens (primary N) is 1. The van der Waals surface area contributed by atoms with Gasteiger partial charge in [0, 0.05) is 12.1 Å². The maximum atomic E-state index is 5.65. The van der Waals surface area contributed by atoms with Crippen LogP contribution in [0.3, 0.4) is 0 Å². The lowest BCUT2D eigenvalue weighted by Crippen LogP contribution is -2.12. The molecule has 0 unspecified atom stereocenters. The molecular weight excluding hydrogens is 222 g/mol. The van der Waals surface area contributed by atoms with Crippen molar-refractivity contribution < 1.29 is 0 Å². The van der Waals surface area contributed by atoms with Gasteiger partial charge in [0.25, 0.3) is 0 Å². The fraction of sp³-hybridized carbons (Fsp3) is 0.400. The highest BCUT2D eigenvalue weighted by molar-refractivity contribution is 5.62. The molecule has 0 spiro atoms. The minimum atomic E-state index is 0.624. The molecule has 1 aliphatic rings. The van der Waals surface area contributed by atoms with Crippen molar-refractivity contribution >= 4 is 0 Å². The Balaban J connectivity index is 2.03. The van der Waals surface area contributed by atoms with Gasteiger partial charge in [0.15, 0.2) is 0 Å². The normalized spacial score (nSPS) is 13.9. The quantitative estimate of drug-likeness (QED) is 0.896. The van der Waals surface area contributed by atoms with Crippen molar-refractivity contribution in [2.45, 2.75) is 32.7 Å².